The molecular formula is C25H26FN3O3. The molecule has 0 spiro atoms. The van der Waals surface area contributed by atoms with Crippen LogP contribution in [0.4, 0.5) is 4.39 Å². The molecule has 6 nitrogen and oxygen atoms in total. The van der Waals surface area contributed by atoms with E-state index in [0.29, 0.717) is 46.0 Å². The molecule has 2 amide bonds. The summed E-state index contributed by atoms with van der Waals surface area (Å²) < 4.78 is 19.7. The van der Waals surface area contributed by atoms with E-state index in [1.54, 1.807) is 70.6 Å². The first-order chi connectivity index (χ1) is 15.2. The smallest absolute Gasteiger partial charge is 0.256 e. The van der Waals surface area contributed by atoms with Crippen molar-refractivity contribution >= 4 is 23.2 Å². The average Bonchev–Trinajstić information content (AvgIpc) is 3.21. The Balaban J connectivity index is 1.89. The number of nitrogens with one attached hydrogen (secondary N) is 1. The van der Waals surface area contributed by atoms with Gasteiger partial charge in [0.2, 0.25) is 0 Å². The van der Waals surface area contributed by atoms with Gasteiger partial charge in [0.25, 0.3) is 11.8 Å². The van der Waals surface area contributed by atoms with Gasteiger partial charge in [-0.15, -0.1) is 0 Å². The number of ether oxygens (including phenoxy) is 1. The molecule has 1 aliphatic rings. The van der Waals surface area contributed by atoms with Crippen LogP contribution in [0.25, 0.3) is 5.57 Å². The largest absolute Gasteiger partial charge is 0.501 e. The van der Waals surface area contributed by atoms with Crippen molar-refractivity contribution in [1.29, 1.82) is 0 Å². The summed E-state index contributed by atoms with van der Waals surface area (Å²) in [5, 5.41) is 2.82. The summed E-state index contributed by atoms with van der Waals surface area (Å²) in [7, 11) is 4.90. The highest BCUT2D eigenvalue weighted by atomic mass is 19.1. The fraction of sp³-hybridized carbons (Fsp3) is 0.240. The molecule has 0 aromatic heterocycles. The normalized spacial score (nSPS) is 16.2. The van der Waals surface area contributed by atoms with E-state index in [0.717, 1.165) is 5.57 Å². The van der Waals surface area contributed by atoms with Crippen LogP contribution in [0.1, 0.15) is 46.5 Å². The number of aliphatic imine (C=N–C) groups is 1. The number of nitrogens with zero attached hydrogens (tertiary/aromatic N) is 2. The Morgan fingerprint density at radius 3 is 2.25 bits per heavy atom. The summed E-state index contributed by atoms with van der Waals surface area (Å²) in [6.07, 6.45) is 0.351. The summed E-state index contributed by atoms with van der Waals surface area (Å²) in [5.74, 6) is 0.273. The van der Waals surface area contributed by atoms with Crippen LogP contribution in [0.15, 0.2) is 70.6 Å². The lowest BCUT2D eigenvalue weighted by atomic mass is 10.00. The zero-order valence-corrected chi connectivity index (χ0v) is 18.8. The Bertz CT molecular complexity index is 1150. The molecule has 0 bridgehead atoms. The summed E-state index contributed by atoms with van der Waals surface area (Å²) >= 11 is 0. The van der Waals surface area contributed by atoms with Crippen LogP contribution in [0, 0.1) is 5.82 Å². The molecule has 3 rings (SSSR count). The van der Waals surface area contributed by atoms with Gasteiger partial charge in [-0.3, -0.25) is 9.59 Å². The molecule has 1 aliphatic heterocycles. The first-order valence-corrected chi connectivity index (χ1v) is 10.1. The van der Waals surface area contributed by atoms with E-state index in [1.165, 1.54) is 11.0 Å². The van der Waals surface area contributed by atoms with E-state index in [9.17, 15) is 14.0 Å². The van der Waals surface area contributed by atoms with E-state index in [1.807, 2.05) is 6.92 Å². The first-order valence-electron chi connectivity index (χ1n) is 10.1. The van der Waals surface area contributed by atoms with Gasteiger partial charge < -0.3 is 15.0 Å². The van der Waals surface area contributed by atoms with E-state index in [4.69, 9.17) is 4.74 Å². The molecule has 0 radical (unpaired) electrons. The number of benzene rings is 2. The van der Waals surface area contributed by atoms with Crippen molar-refractivity contribution in [3.8, 4) is 0 Å². The predicted molar refractivity (Wildman–Crippen MR) is 123 cm³/mol. The van der Waals surface area contributed by atoms with E-state index < -0.39 is 0 Å². The summed E-state index contributed by atoms with van der Waals surface area (Å²) in [6.45, 7) is 3.61. The zero-order valence-electron chi connectivity index (χ0n) is 18.8. The number of hydrogen-bond acceptors (Lipinski definition) is 4. The maximum atomic E-state index is 14.3. The molecule has 0 aliphatic carbocycles. The van der Waals surface area contributed by atoms with Crippen LogP contribution >= 0.6 is 0 Å². The third-order valence-electron chi connectivity index (χ3n) is 5.30. The van der Waals surface area contributed by atoms with E-state index >= 15 is 0 Å². The molecule has 2 aromatic carbocycles. The molecule has 7 heteroatoms. The molecular weight excluding hydrogens is 409 g/mol. The number of methoxy groups -OCH3 is 1. The van der Waals surface area contributed by atoms with Crippen LogP contribution in [0.2, 0.25) is 0 Å². The monoisotopic (exact) mass is 435 g/mol. The van der Waals surface area contributed by atoms with Crippen molar-refractivity contribution in [3.05, 3.63) is 88.1 Å². The van der Waals surface area contributed by atoms with Crippen LogP contribution < -0.4 is 5.32 Å². The molecule has 0 unspecified atom stereocenters. The molecule has 1 heterocycles. The molecule has 1 N–H and O–H groups in total. The highest BCUT2D eigenvalue weighted by molar-refractivity contribution is 6.09. The maximum absolute atomic E-state index is 14.3. The van der Waals surface area contributed by atoms with Gasteiger partial charge in [0.05, 0.1) is 18.6 Å². The lowest BCUT2D eigenvalue weighted by Crippen LogP contribution is -2.29. The lowest BCUT2D eigenvalue weighted by molar-refractivity contribution is 0.0826. The van der Waals surface area contributed by atoms with Gasteiger partial charge in [0.1, 0.15) is 11.7 Å². The summed E-state index contributed by atoms with van der Waals surface area (Å²) in [5.41, 5.74) is 3.37. The second-order valence-corrected chi connectivity index (χ2v) is 7.66. The third-order valence-corrected chi connectivity index (χ3v) is 5.30. The predicted octanol–water partition coefficient (Wildman–Crippen LogP) is 4.41. The van der Waals surface area contributed by atoms with Crippen molar-refractivity contribution in [2.45, 2.75) is 20.3 Å². The van der Waals surface area contributed by atoms with Crippen molar-refractivity contribution in [2.75, 3.05) is 21.2 Å². The van der Waals surface area contributed by atoms with E-state index in [-0.39, 0.29) is 17.6 Å². The highest BCUT2D eigenvalue weighted by Crippen LogP contribution is 2.34. The van der Waals surface area contributed by atoms with E-state index in [2.05, 4.69) is 10.3 Å². The highest BCUT2D eigenvalue weighted by Gasteiger charge is 2.25. The number of hydrogen-bond donors (Lipinski definition) is 1. The van der Waals surface area contributed by atoms with Crippen LogP contribution in [-0.4, -0.2) is 43.8 Å². The Morgan fingerprint density at radius 2 is 1.66 bits per heavy atom. The van der Waals surface area contributed by atoms with Crippen molar-refractivity contribution in [1.82, 2.24) is 10.2 Å². The molecule has 32 heavy (non-hydrogen) atoms. The molecule has 0 saturated carbocycles. The Hall–Kier alpha value is -3.74. The van der Waals surface area contributed by atoms with Crippen molar-refractivity contribution in [3.63, 3.8) is 0 Å². The van der Waals surface area contributed by atoms with Crippen molar-refractivity contribution < 1.29 is 18.7 Å². The third kappa shape index (κ3) is 4.77. The van der Waals surface area contributed by atoms with Gasteiger partial charge in [-0.25, -0.2) is 9.38 Å². The summed E-state index contributed by atoms with van der Waals surface area (Å²) in [6, 6.07) is 12.9. The topological polar surface area (TPSA) is 71.0 Å². The van der Waals surface area contributed by atoms with Crippen molar-refractivity contribution in [2.24, 2.45) is 4.99 Å². The van der Waals surface area contributed by atoms with Gasteiger partial charge in [-0.05, 0) is 49.8 Å². The minimum atomic E-state index is -0.341. The number of allylic oxidation sites excluding steroid dienone is 3. The lowest BCUT2D eigenvalue weighted by Gasteiger charge is -2.10. The minimum Gasteiger partial charge on any atom is -0.501 e. The number of rotatable bonds is 4. The van der Waals surface area contributed by atoms with Gasteiger partial charge in [-0.2, -0.15) is 0 Å². The number of amidine groups is 1. The molecule has 2 aromatic rings. The zero-order chi connectivity index (χ0) is 23.4. The fourth-order valence-electron chi connectivity index (χ4n) is 3.41. The second-order valence-electron chi connectivity index (χ2n) is 7.66. The maximum Gasteiger partial charge on any atom is 0.256 e. The second kappa shape index (κ2) is 9.60. The van der Waals surface area contributed by atoms with Crippen LogP contribution in [0.3, 0.4) is 0 Å². The van der Waals surface area contributed by atoms with Gasteiger partial charge >= 0.3 is 0 Å². The number of halogens is 1. The Labute approximate surface area is 187 Å². The van der Waals surface area contributed by atoms with Crippen LogP contribution in [-0.2, 0) is 4.74 Å². The Morgan fingerprint density at radius 1 is 1.03 bits per heavy atom. The Kier molecular flexibility index (Phi) is 6.88. The number of carbonyl (C=O) groups excluding carboxylic acids is 2. The average molecular weight is 435 g/mol. The fourth-order valence-corrected chi connectivity index (χ4v) is 3.41. The standard InChI is InChI=1S/C25H26FN3O3/c1-15(19-8-6-7-9-21(19)26)23-20(16(2)32-5)14-22(27-23)28-24(30)17-10-12-18(13-11-17)25(31)29(3)4/h6-13H,14H2,1-5H3,(H,27,28,30)/b20-16+,23-15-. The quantitative estimate of drug-likeness (QED) is 0.723. The number of carbonyl (C=O) groups is 2. The van der Waals surface area contributed by atoms with Gasteiger partial charge in [-0.1, -0.05) is 18.2 Å². The van der Waals surface area contributed by atoms with Gasteiger partial charge in [0.15, 0.2) is 0 Å². The summed E-state index contributed by atoms with van der Waals surface area (Å²) in [4.78, 5) is 30.8. The van der Waals surface area contributed by atoms with Gasteiger partial charge in [0, 0.05) is 42.8 Å². The molecule has 0 fully saturated rings. The molecule has 166 valence electrons. The minimum absolute atomic E-state index is 0.139. The number of amides is 2. The van der Waals surface area contributed by atoms with Crippen LogP contribution in [0.5, 0.6) is 0 Å². The molecule has 0 saturated heterocycles. The SMILES string of the molecule is CO/C(C)=C1\CC(NC(=O)c2ccc(C(=O)N(C)C)cc2)=N\C1=C(\C)c1ccccc1F. The molecule has 0 atom stereocenters. The first kappa shape index (κ1) is 22.9.